The lowest BCUT2D eigenvalue weighted by Crippen LogP contribution is -2.15. The Kier molecular flexibility index (Phi) is 10.8. The highest BCUT2D eigenvalue weighted by Crippen LogP contribution is 2.55. The molecule has 0 saturated carbocycles. The molecule has 402 valence electrons. The van der Waals surface area contributed by atoms with Crippen molar-refractivity contribution in [2.24, 2.45) is 0 Å². The number of hydrogen-bond donors (Lipinski definition) is 0. The fourth-order valence-electron chi connectivity index (χ4n) is 15.6. The van der Waals surface area contributed by atoms with E-state index in [9.17, 15) is 0 Å². The van der Waals surface area contributed by atoms with Gasteiger partial charge in [0.25, 0.3) is 0 Å². The summed E-state index contributed by atoms with van der Waals surface area (Å²) in [7, 11) is 0. The number of hydrogen-bond acceptors (Lipinski definition) is 0. The third-order valence-electron chi connectivity index (χ3n) is 20.4. The maximum Gasteiger partial charge on any atom is 0.0159 e. The Hall–Kier alpha value is -9.36. The van der Waals surface area contributed by atoms with Crippen LogP contribution in [0, 0.1) is 0 Å². The second kappa shape index (κ2) is 18.1. The van der Waals surface area contributed by atoms with Gasteiger partial charge in [0.2, 0.25) is 0 Å². The van der Waals surface area contributed by atoms with Crippen LogP contribution in [0.2, 0.25) is 0 Å². The van der Waals surface area contributed by atoms with Gasteiger partial charge >= 0.3 is 0 Å². The number of benzene rings is 12. The fraction of sp³-hybridized carbons (Fsp3) is 0.143. The Bertz CT molecular complexity index is 4440. The van der Waals surface area contributed by atoms with Gasteiger partial charge in [0.1, 0.15) is 0 Å². The van der Waals surface area contributed by atoms with E-state index in [2.05, 4.69) is 310 Å². The van der Waals surface area contributed by atoms with Crippen LogP contribution in [-0.2, 0) is 21.7 Å². The van der Waals surface area contributed by atoms with Crippen molar-refractivity contribution < 1.29 is 0 Å². The summed E-state index contributed by atoms with van der Waals surface area (Å²) in [6.45, 7) is 19.1. The highest BCUT2D eigenvalue weighted by atomic mass is 14.4. The van der Waals surface area contributed by atoms with Gasteiger partial charge in [-0.25, -0.2) is 0 Å². The molecule has 0 fully saturated rings. The first-order valence-corrected chi connectivity index (χ1v) is 30.1. The second-order valence-electron chi connectivity index (χ2n) is 26.4. The predicted molar refractivity (Wildman–Crippen MR) is 355 cm³/mol. The molecule has 12 aromatic carbocycles. The van der Waals surface area contributed by atoms with Crippen molar-refractivity contribution in [1.29, 1.82) is 0 Å². The van der Waals surface area contributed by atoms with Gasteiger partial charge in [0, 0.05) is 21.7 Å². The van der Waals surface area contributed by atoms with Gasteiger partial charge in [0.15, 0.2) is 0 Å². The van der Waals surface area contributed by atoms with E-state index in [-0.39, 0.29) is 21.7 Å². The molecule has 84 heavy (non-hydrogen) atoms. The first kappa shape index (κ1) is 50.4. The van der Waals surface area contributed by atoms with Crippen molar-refractivity contribution in [3.8, 4) is 122 Å². The Morgan fingerprint density at radius 2 is 0.310 bits per heavy atom. The standard InChI is InChI=1S/C84H66/c1-81(2)73-23-15-13-21-65(73)67-41-35-57(47-77(67)81)61-17-9-11-19-63(61)59-37-43-71-69-39-33-55(45-75(69)83(5,6)79(71)49-59)53-29-25-51(26-30-53)52-27-31-54(32-28-52)56-34-40-70-72-44-38-60(50-80(72)84(7,8)76(70)46-56)64-20-12-10-18-62(64)58-36-42-68-66-22-14-16-24-74(66)82(3,4)78(68)48-58/h9-50H,1-8H3. The topological polar surface area (TPSA) is 0 Å². The van der Waals surface area contributed by atoms with Crippen molar-refractivity contribution in [2.45, 2.75) is 77.0 Å². The molecule has 0 atom stereocenters. The minimum absolute atomic E-state index is 0.0490. The van der Waals surface area contributed by atoms with Gasteiger partial charge in [-0.3, -0.25) is 0 Å². The summed E-state index contributed by atoms with van der Waals surface area (Å²) in [5.41, 5.74) is 39.0. The van der Waals surface area contributed by atoms with Crippen molar-refractivity contribution in [3.05, 3.63) is 299 Å². The van der Waals surface area contributed by atoms with E-state index in [1.807, 2.05) is 0 Å². The predicted octanol–water partition coefficient (Wildman–Crippen LogP) is 22.6. The van der Waals surface area contributed by atoms with Crippen LogP contribution in [0.15, 0.2) is 255 Å². The lowest BCUT2D eigenvalue weighted by atomic mass is 9.80. The highest BCUT2D eigenvalue weighted by molar-refractivity contribution is 5.94. The van der Waals surface area contributed by atoms with Crippen molar-refractivity contribution in [3.63, 3.8) is 0 Å². The maximum absolute atomic E-state index is 2.47. The molecule has 0 spiro atoms. The zero-order valence-electron chi connectivity index (χ0n) is 49.2. The smallest absolute Gasteiger partial charge is 0.0159 e. The van der Waals surface area contributed by atoms with Crippen LogP contribution in [0.5, 0.6) is 0 Å². The molecule has 0 N–H and O–H groups in total. The Balaban J connectivity index is 0.632. The molecule has 4 aliphatic carbocycles. The maximum atomic E-state index is 2.47. The molecule has 0 unspecified atom stereocenters. The molecule has 12 aromatic rings. The average Bonchev–Trinajstić information content (AvgIpc) is 3.05. The third kappa shape index (κ3) is 7.39. The normalized spacial score (nSPS) is 15.3. The monoisotopic (exact) mass is 1070 g/mol. The Morgan fingerprint density at radius 3 is 0.571 bits per heavy atom. The fourth-order valence-corrected chi connectivity index (χ4v) is 15.6. The van der Waals surface area contributed by atoms with Crippen LogP contribution >= 0.6 is 0 Å². The molecule has 16 rings (SSSR count). The largest absolute Gasteiger partial charge is 0.0619 e. The molecule has 0 heterocycles. The highest BCUT2D eigenvalue weighted by Gasteiger charge is 2.40. The summed E-state index contributed by atoms with van der Waals surface area (Å²) < 4.78 is 0. The zero-order chi connectivity index (χ0) is 57.0. The Morgan fingerprint density at radius 1 is 0.143 bits per heavy atom. The molecular weight excluding hydrogens is 1010 g/mol. The number of rotatable bonds is 7. The van der Waals surface area contributed by atoms with E-state index in [4.69, 9.17) is 0 Å². The first-order valence-electron chi connectivity index (χ1n) is 30.1. The lowest BCUT2D eigenvalue weighted by molar-refractivity contribution is 0.660. The van der Waals surface area contributed by atoms with E-state index in [1.54, 1.807) is 0 Å². The molecular formula is C84H66. The lowest BCUT2D eigenvalue weighted by Gasteiger charge is -2.23. The SMILES string of the molecule is CC1(C)c2ccccc2-c2ccc(-c3ccccc3-c3ccc4c(c3)C(C)(C)c3cc(-c5ccc(-c6ccc(-c7ccc8c(c7)C(C)(C)c7cc(-c9ccccc9-c9ccc%10c(c9)C(C)(C)c9ccccc9-%10)ccc7-8)cc6)cc5)ccc3-4)cc21. The summed E-state index contributed by atoms with van der Waals surface area (Å²) in [5.74, 6) is 0. The van der Waals surface area contributed by atoms with Crippen LogP contribution in [-0.4, -0.2) is 0 Å². The summed E-state index contributed by atoms with van der Waals surface area (Å²) in [6.07, 6.45) is 0. The average molecular weight is 1080 g/mol. The van der Waals surface area contributed by atoms with Crippen LogP contribution in [0.4, 0.5) is 0 Å². The van der Waals surface area contributed by atoms with E-state index < -0.39 is 0 Å². The third-order valence-corrected chi connectivity index (χ3v) is 20.4. The molecule has 0 heteroatoms. The van der Waals surface area contributed by atoms with Gasteiger partial charge in [-0.05, 0) is 203 Å². The Labute approximate surface area is 495 Å². The van der Waals surface area contributed by atoms with Crippen molar-refractivity contribution in [1.82, 2.24) is 0 Å². The summed E-state index contributed by atoms with van der Waals surface area (Å²) >= 11 is 0. The summed E-state index contributed by atoms with van der Waals surface area (Å²) in [5, 5.41) is 0. The van der Waals surface area contributed by atoms with Crippen LogP contribution in [0.25, 0.3) is 122 Å². The van der Waals surface area contributed by atoms with Crippen LogP contribution in [0.3, 0.4) is 0 Å². The molecule has 0 aliphatic heterocycles. The van der Waals surface area contributed by atoms with E-state index in [0.717, 1.165) is 0 Å². The minimum Gasteiger partial charge on any atom is -0.0619 e. The minimum atomic E-state index is -0.165. The van der Waals surface area contributed by atoms with Gasteiger partial charge < -0.3 is 0 Å². The second-order valence-corrected chi connectivity index (χ2v) is 26.4. The van der Waals surface area contributed by atoms with Gasteiger partial charge in [-0.1, -0.05) is 274 Å². The van der Waals surface area contributed by atoms with Crippen molar-refractivity contribution in [2.75, 3.05) is 0 Å². The van der Waals surface area contributed by atoms with Crippen LogP contribution < -0.4 is 0 Å². The molecule has 0 radical (unpaired) electrons. The summed E-state index contributed by atoms with van der Waals surface area (Å²) in [4.78, 5) is 0. The zero-order valence-corrected chi connectivity index (χ0v) is 49.2. The molecule has 0 nitrogen and oxygen atoms in total. The molecule has 0 amide bonds. The van der Waals surface area contributed by atoms with E-state index in [1.165, 1.54) is 167 Å². The van der Waals surface area contributed by atoms with E-state index >= 15 is 0 Å². The molecule has 4 aliphatic rings. The van der Waals surface area contributed by atoms with Crippen LogP contribution in [0.1, 0.15) is 99.9 Å². The quantitative estimate of drug-likeness (QED) is 0.149. The molecule has 0 aromatic heterocycles. The molecule has 0 bridgehead atoms. The van der Waals surface area contributed by atoms with Gasteiger partial charge in [-0.2, -0.15) is 0 Å². The number of fused-ring (bicyclic) bond motifs is 12. The first-order chi connectivity index (χ1) is 40.6. The molecule has 0 saturated heterocycles. The van der Waals surface area contributed by atoms with Gasteiger partial charge in [0.05, 0.1) is 0 Å². The van der Waals surface area contributed by atoms with E-state index in [0.29, 0.717) is 0 Å². The van der Waals surface area contributed by atoms with Gasteiger partial charge in [-0.15, -0.1) is 0 Å². The summed E-state index contributed by atoms with van der Waals surface area (Å²) in [6, 6.07) is 96.9. The van der Waals surface area contributed by atoms with Crippen molar-refractivity contribution >= 4 is 0 Å².